The van der Waals surface area contributed by atoms with Crippen molar-refractivity contribution >= 4 is 33.4 Å². The Bertz CT molecular complexity index is 1210. The smallest absolute Gasteiger partial charge is 0.261 e. The fourth-order valence-electron chi connectivity index (χ4n) is 4.37. The number of hydroxylamine groups is 1. The first-order chi connectivity index (χ1) is 17.2. The number of rotatable bonds is 9. The highest BCUT2D eigenvalue weighted by Gasteiger charge is 2.35. The van der Waals surface area contributed by atoms with Gasteiger partial charge in [0.25, 0.3) is 17.7 Å². The molecule has 0 aromatic heterocycles. The Hall–Kier alpha value is -3.32. The molecule has 0 unspecified atom stereocenters. The van der Waals surface area contributed by atoms with Crippen LogP contribution in [0.3, 0.4) is 0 Å². The summed E-state index contributed by atoms with van der Waals surface area (Å²) >= 11 is 0. The monoisotopic (exact) mass is 515 g/mol. The Morgan fingerprint density at radius 3 is 2.11 bits per heavy atom. The average molecular weight is 516 g/mol. The third-order valence-electron chi connectivity index (χ3n) is 6.49. The van der Waals surface area contributed by atoms with Crippen LogP contribution in [0.1, 0.15) is 33.6 Å². The van der Waals surface area contributed by atoms with Crippen LogP contribution in [0, 0.1) is 0 Å². The van der Waals surface area contributed by atoms with Gasteiger partial charge in [-0.25, -0.2) is 13.9 Å². The summed E-state index contributed by atoms with van der Waals surface area (Å²) in [5.74, 6) is -1.80. The van der Waals surface area contributed by atoms with Gasteiger partial charge in [0, 0.05) is 38.4 Å². The molecule has 2 heterocycles. The van der Waals surface area contributed by atoms with Crippen LogP contribution >= 0.6 is 0 Å². The summed E-state index contributed by atoms with van der Waals surface area (Å²) in [6, 6.07) is 11.6. The highest BCUT2D eigenvalue weighted by atomic mass is 32.2. The summed E-state index contributed by atoms with van der Waals surface area (Å²) in [6.45, 7) is 3.52. The quantitative estimate of drug-likeness (QED) is 0.252. The number of carbonyl (C=O) groups is 3. The van der Waals surface area contributed by atoms with E-state index in [1.807, 2.05) is 0 Å². The maximum Gasteiger partial charge on any atom is 0.261 e. The number of sulfonamides is 1. The molecule has 0 aliphatic carbocycles. The van der Waals surface area contributed by atoms with Crippen LogP contribution in [0.5, 0.6) is 0 Å². The predicted octanol–water partition coefficient (Wildman–Crippen LogP) is 0.667. The number of amides is 3. The van der Waals surface area contributed by atoms with Gasteiger partial charge in [-0.2, -0.15) is 4.72 Å². The first-order valence-corrected chi connectivity index (χ1v) is 13.1. The maximum atomic E-state index is 13.0. The number of likely N-dealkylation sites (N-methyl/N-ethyl adjacent to an activating group) is 1. The minimum Gasteiger partial charge on any atom is -0.369 e. The number of nitrogens with one attached hydrogen (secondary N) is 2. The van der Waals surface area contributed by atoms with Crippen LogP contribution in [0.4, 0.5) is 5.69 Å². The predicted molar refractivity (Wildman–Crippen MR) is 131 cm³/mol. The van der Waals surface area contributed by atoms with E-state index in [2.05, 4.69) is 21.6 Å². The molecule has 0 radical (unpaired) electrons. The summed E-state index contributed by atoms with van der Waals surface area (Å²) in [5.41, 5.74) is 3.02. The van der Waals surface area contributed by atoms with Crippen molar-refractivity contribution in [1.29, 1.82) is 0 Å². The number of anilines is 1. The van der Waals surface area contributed by atoms with Gasteiger partial charge < -0.3 is 9.80 Å². The van der Waals surface area contributed by atoms with Crippen LogP contribution in [-0.2, 0) is 14.8 Å². The fourth-order valence-corrected chi connectivity index (χ4v) is 5.60. The molecule has 1 atom stereocenters. The first-order valence-electron chi connectivity index (χ1n) is 11.7. The Kier molecular flexibility index (Phi) is 7.69. The van der Waals surface area contributed by atoms with Crippen molar-refractivity contribution < 1.29 is 28.0 Å². The summed E-state index contributed by atoms with van der Waals surface area (Å²) in [6.07, 6.45) is 0.104. The fraction of sp³-hybridized carbons (Fsp3) is 0.375. The molecule has 192 valence electrons. The van der Waals surface area contributed by atoms with Gasteiger partial charge in [0.05, 0.1) is 16.0 Å². The lowest BCUT2D eigenvalue weighted by Crippen LogP contribution is -2.46. The number of imide groups is 1. The SMILES string of the molecule is CN1CCN(c2ccc(S(=O)(=O)N[C@H](CCCN3C(=O)c4ccccc4C3=O)C(=O)NO)cc2)CC1. The zero-order valence-electron chi connectivity index (χ0n) is 19.9. The van der Waals surface area contributed by atoms with Crippen LogP contribution < -0.4 is 15.1 Å². The van der Waals surface area contributed by atoms with E-state index in [1.165, 1.54) is 17.6 Å². The molecule has 36 heavy (non-hydrogen) atoms. The number of hydrogen-bond acceptors (Lipinski definition) is 8. The van der Waals surface area contributed by atoms with Crippen molar-refractivity contribution in [2.75, 3.05) is 44.7 Å². The molecule has 3 amide bonds. The normalized spacial score (nSPS) is 17.3. The summed E-state index contributed by atoms with van der Waals surface area (Å²) in [4.78, 5) is 42.7. The third-order valence-corrected chi connectivity index (χ3v) is 7.98. The second-order valence-corrected chi connectivity index (χ2v) is 10.6. The van der Waals surface area contributed by atoms with Gasteiger partial charge in [-0.3, -0.25) is 24.5 Å². The second kappa shape index (κ2) is 10.7. The minimum atomic E-state index is -4.08. The standard InChI is InChI=1S/C24H29N5O6S/c1-27-13-15-28(16-14-27)17-8-10-18(11-9-17)36(34,35)26-21(22(30)25-33)7-4-12-29-23(31)19-5-2-3-6-20(19)24(29)32/h2-3,5-6,8-11,21,26,33H,4,7,12-16H2,1H3,(H,25,30)/t21-/m1/s1. The van der Waals surface area contributed by atoms with Gasteiger partial charge in [0.2, 0.25) is 10.0 Å². The molecule has 0 spiro atoms. The highest BCUT2D eigenvalue weighted by Crippen LogP contribution is 2.23. The van der Waals surface area contributed by atoms with Gasteiger partial charge in [-0.1, -0.05) is 12.1 Å². The Morgan fingerprint density at radius 2 is 1.56 bits per heavy atom. The molecule has 0 bridgehead atoms. The topological polar surface area (TPSA) is 139 Å². The second-order valence-electron chi connectivity index (χ2n) is 8.88. The average Bonchev–Trinajstić information content (AvgIpc) is 3.13. The van der Waals surface area contributed by atoms with Crippen molar-refractivity contribution in [3.8, 4) is 0 Å². The van der Waals surface area contributed by atoms with E-state index in [4.69, 9.17) is 5.21 Å². The summed E-state index contributed by atoms with van der Waals surface area (Å²) in [5, 5.41) is 9.12. The maximum absolute atomic E-state index is 13.0. The Morgan fingerprint density at radius 1 is 0.972 bits per heavy atom. The lowest BCUT2D eigenvalue weighted by Gasteiger charge is -2.34. The molecular weight excluding hydrogens is 486 g/mol. The minimum absolute atomic E-state index is 0.00298. The van der Waals surface area contributed by atoms with Crippen molar-refractivity contribution in [1.82, 2.24) is 20.0 Å². The van der Waals surface area contributed by atoms with E-state index < -0.39 is 33.8 Å². The molecule has 0 saturated carbocycles. The number of nitrogens with zero attached hydrogens (tertiary/aromatic N) is 3. The van der Waals surface area contributed by atoms with Gasteiger partial charge in [-0.15, -0.1) is 0 Å². The van der Waals surface area contributed by atoms with Crippen molar-refractivity contribution in [2.24, 2.45) is 0 Å². The van der Waals surface area contributed by atoms with Crippen molar-refractivity contribution in [3.63, 3.8) is 0 Å². The molecule has 12 heteroatoms. The molecule has 4 rings (SSSR count). The molecule has 1 fully saturated rings. The summed E-state index contributed by atoms with van der Waals surface area (Å²) < 4.78 is 28.2. The van der Waals surface area contributed by atoms with E-state index >= 15 is 0 Å². The van der Waals surface area contributed by atoms with Crippen molar-refractivity contribution in [2.45, 2.75) is 23.8 Å². The van der Waals surface area contributed by atoms with Gasteiger partial charge in [0.1, 0.15) is 6.04 Å². The van der Waals surface area contributed by atoms with E-state index in [-0.39, 0.29) is 24.3 Å². The molecule has 2 aliphatic heterocycles. The van der Waals surface area contributed by atoms with E-state index in [0.717, 1.165) is 36.8 Å². The Balaban J connectivity index is 1.38. The van der Waals surface area contributed by atoms with Gasteiger partial charge >= 0.3 is 0 Å². The highest BCUT2D eigenvalue weighted by molar-refractivity contribution is 7.89. The van der Waals surface area contributed by atoms with Crippen LogP contribution in [-0.4, -0.2) is 87.0 Å². The largest absolute Gasteiger partial charge is 0.369 e. The van der Waals surface area contributed by atoms with Crippen LogP contribution in [0.2, 0.25) is 0 Å². The van der Waals surface area contributed by atoms with Crippen LogP contribution in [0.25, 0.3) is 0 Å². The lowest BCUT2D eigenvalue weighted by molar-refractivity contribution is -0.131. The van der Waals surface area contributed by atoms with Crippen molar-refractivity contribution in [3.05, 3.63) is 59.7 Å². The zero-order chi connectivity index (χ0) is 25.9. The van der Waals surface area contributed by atoms with Crippen LogP contribution in [0.15, 0.2) is 53.4 Å². The molecule has 2 aromatic rings. The molecule has 1 saturated heterocycles. The first kappa shape index (κ1) is 25.8. The molecular formula is C24H29N5O6S. The van der Waals surface area contributed by atoms with E-state index in [0.29, 0.717) is 11.1 Å². The number of piperazine rings is 1. The molecule has 2 aromatic carbocycles. The van der Waals surface area contributed by atoms with E-state index in [9.17, 15) is 22.8 Å². The number of fused-ring (bicyclic) bond motifs is 1. The van der Waals surface area contributed by atoms with Gasteiger partial charge in [0.15, 0.2) is 0 Å². The molecule has 3 N–H and O–H groups in total. The zero-order valence-corrected chi connectivity index (χ0v) is 20.7. The van der Waals surface area contributed by atoms with Gasteiger partial charge in [-0.05, 0) is 56.3 Å². The number of benzene rings is 2. The number of carbonyl (C=O) groups excluding carboxylic acids is 3. The van der Waals surface area contributed by atoms with E-state index in [1.54, 1.807) is 36.4 Å². The lowest BCUT2D eigenvalue weighted by atomic mass is 10.1. The molecule has 2 aliphatic rings. The number of hydrogen-bond donors (Lipinski definition) is 3. The summed E-state index contributed by atoms with van der Waals surface area (Å²) in [7, 11) is -2.03. The third kappa shape index (κ3) is 5.41. The Labute approximate surface area is 209 Å². The molecule has 11 nitrogen and oxygen atoms in total.